The second-order valence-corrected chi connectivity index (χ2v) is 4.28. The highest BCUT2D eigenvalue weighted by atomic mass is 16.4. The highest BCUT2D eigenvalue weighted by molar-refractivity contribution is 5.34. The van der Waals surface area contributed by atoms with Crippen molar-refractivity contribution < 1.29 is 4.42 Å². The van der Waals surface area contributed by atoms with Crippen molar-refractivity contribution in [3.63, 3.8) is 0 Å². The predicted octanol–water partition coefficient (Wildman–Crippen LogP) is 4.18. The first-order valence-electron chi connectivity index (χ1n) is 5.75. The fourth-order valence-electron chi connectivity index (χ4n) is 1.70. The predicted molar refractivity (Wildman–Crippen MR) is 63.8 cm³/mol. The van der Waals surface area contributed by atoms with Crippen LogP contribution in [-0.2, 0) is 5.41 Å². The van der Waals surface area contributed by atoms with E-state index in [1.165, 1.54) is 12.8 Å². The fraction of sp³-hybridized carbons (Fsp3) is 0.615. The van der Waals surface area contributed by atoms with Crippen molar-refractivity contribution in [2.45, 2.75) is 51.9 Å². The molecule has 1 atom stereocenters. The quantitative estimate of drug-likeness (QED) is 0.699. The second-order valence-electron chi connectivity index (χ2n) is 4.28. The molecule has 1 heterocycles. The standard InChI is InChI=1S/C13H21NO/c1-5-8-9-13(4,7-3)11-10-14-12(6-2)15-11/h6,10H,2,5,7-9H2,1,3-4H3. The molecule has 0 radical (unpaired) electrons. The fourth-order valence-corrected chi connectivity index (χ4v) is 1.70. The van der Waals surface area contributed by atoms with E-state index in [0.29, 0.717) is 5.89 Å². The minimum atomic E-state index is 0.129. The third-order valence-electron chi connectivity index (χ3n) is 3.16. The number of hydrogen-bond acceptors (Lipinski definition) is 2. The van der Waals surface area contributed by atoms with E-state index in [0.717, 1.165) is 18.6 Å². The van der Waals surface area contributed by atoms with Crippen molar-refractivity contribution in [2.75, 3.05) is 0 Å². The number of oxazole rings is 1. The lowest BCUT2D eigenvalue weighted by Crippen LogP contribution is -2.19. The smallest absolute Gasteiger partial charge is 0.218 e. The van der Waals surface area contributed by atoms with Crippen LogP contribution in [0.5, 0.6) is 0 Å². The first kappa shape index (κ1) is 12.0. The van der Waals surface area contributed by atoms with Crippen LogP contribution in [0, 0.1) is 0 Å². The maximum atomic E-state index is 5.66. The summed E-state index contributed by atoms with van der Waals surface area (Å²) in [5.74, 6) is 1.62. The SMILES string of the molecule is C=Cc1ncc(C(C)(CC)CCCC)o1. The van der Waals surface area contributed by atoms with E-state index < -0.39 is 0 Å². The number of hydrogen-bond donors (Lipinski definition) is 0. The van der Waals surface area contributed by atoms with Gasteiger partial charge in [0, 0.05) is 5.41 Å². The van der Waals surface area contributed by atoms with E-state index in [1.54, 1.807) is 6.08 Å². The summed E-state index contributed by atoms with van der Waals surface area (Å²) < 4.78 is 5.66. The van der Waals surface area contributed by atoms with Crippen molar-refractivity contribution in [1.29, 1.82) is 0 Å². The van der Waals surface area contributed by atoms with Crippen molar-refractivity contribution in [2.24, 2.45) is 0 Å². The molecule has 0 aromatic carbocycles. The van der Waals surface area contributed by atoms with E-state index in [1.807, 2.05) is 6.20 Å². The molecule has 0 aliphatic carbocycles. The molecule has 1 rings (SSSR count). The summed E-state index contributed by atoms with van der Waals surface area (Å²) in [6.45, 7) is 10.3. The Kier molecular flexibility index (Phi) is 4.13. The molecule has 0 aliphatic heterocycles. The van der Waals surface area contributed by atoms with Gasteiger partial charge < -0.3 is 4.42 Å². The summed E-state index contributed by atoms with van der Waals surface area (Å²) in [5, 5.41) is 0. The molecule has 1 aromatic rings. The molecule has 0 fully saturated rings. The first-order chi connectivity index (χ1) is 7.16. The second kappa shape index (κ2) is 5.15. The van der Waals surface area contributed by atoms with Crippen LogP contribution in [0.1, 0.15) is 58.1 Å². The Morgan fingerprint density at radius 1 is 1.53 bits per heavy atom. The summed E-state index contributed by atoms with van der Waals surface area (Å²) in [5.41, 5.74) is 0.129. The highest BCUT2D eigenvalue weighted by Crippen LogP contribution is 2.33. The molecular weight excluding hydrogens is 186 g/mol. The molecule has 1 unspecified atom stereocenters. The minimum Gasteiger partial charge on any atom is -0.441 e. The van der Waals surface area contributed by atoms with Gasteiger partial charge in [0.15, 0.2) is 0 Å². The lowest BCUT2D eigenvalue weighted by molar-refractivity contribution is 0.318. The molecule has 0 spiro atoms. The Morgan fingerprint density at radius 3 is 2.73 bits per heavy atom. The molecule has 1 aromatic heterocycles. The van der Waals surface area contributed by atoms with Crippen LogP contribution in [0.25, 0.3) is 6.08 Å². The Morgan fingerprint density at radius 2 is 2.27 bits per heavy atom. The lowest BCUT2D eigenvalue weighted by atomic mass is 9.80. The van der Waals surface area contributed by atoms with Crippen LogP contribution in [0.15, 0.2) is 17.2 Å². The molecular formula is C13H21NO. The van der Waals surface area contributed by atoms with Gasteiger partial charge in [-0.2, -0.15) is 0 Å². The molecule has 2 nitrogen and oxygen atoms in total. The summed E-state index contributed by atoms with van der Waals surface area (Å²) in [4.78, 5) is 4.17. The first-order valence-corrected chi connectivity index (χ1v) is 5.75. The largest absolute Gasteiger partial charge is 0.441 e. The Hall–Kier alpha value is -1.05. The molecule has 84 valence electrons. The van der Waals surface area contributed by atoms with Crippen LogP contribution in [0.2, 0.25) is 0 Å². The van der Waals surface area contributed by atoms with Crippen molar-refractivity contribution in [3.8, 4) is 0 Å². The molecule has 0 N–H and O–H groups in total. The van der Waals surface area contributed by atoms with Crippen molar-refractivity contribution >= 4 is 6.08 Å². The monoisotopic (exact) mass is 207 g/mol. The van der Waals surface area contributed by atoms with Crippen molar-refractivity contribution in [1.82, 2.24) is 4.98 Å². The molecule has 0 saturated heterocycles. The number of nitrogens with zero attached hydrogens (tertiary/aromatic N) is 1. The molecule has 0 aliphatic rings. The molecule has 15 heavy (non-hydrogen) atoms. The van der Waals surface area contributed by atoms with Crippen LogP contribution < -0.4 is 0 Å². The molecule has 0 saturated carbocycles. The van der Waals surface area contributed by atoms with Crippen LogP contribution >= 0.6 is 0 Å². The van der Waals surface area contributed by atoms with Gasteiger partial charge in [-0.3, -0.25) is 0 Å². The van der Waals surface area contributed by atoms with Crippen molar-refractivity contribution in [3.05, 3.63) is 24.4 Å². The van der Waals surface area contributed by atoms with Gasteiger partial charge in [0.1, 0.15) is 5.76 Å². The number of rotatable bonds is 6. The van der Waals surface area contributed by atoms with Gasteiger partial charge in [0.05, 0.1) is 6.20 Å². The van der Waals surface area contributed by atoms with Crippen LogP contribution in [0.3, 0.4) is 0 Å². The van der Waals surface area contributed by atoms with E-state index in [2.05, 4.69) is 32.3 Å². The maximum Gasteiger partial charge on any atom is 0.218 e. The molecule has 2 heteroatoms. The normalized spacial score (nSPS) is 14.9. The van der Waals surface area contributed by atoms with Gasteiger partial charge in [-0.25, -0.2) is 4.98 Å². The van der Waals surface area contributed by atoms with Gasteiger partial charge in [-0.05, 0) is 18.9 Å². The van der Waals surface area contributed by atoms with E-state index in [9.17, 15) is 0 Å². The van der Waals surface area contributed by atoms with Gasteiger partial charge in [-0.1, -0.05) is 40.2 Å². The van der Waals surface area contributed by atoms with E-state index in [-0.39, 0.29) is 5.41 Å². The third-order valence-corrected chi connectivity index (χ3v) is 3.16. The third kappa shape index (κ3) is 2.71. The lowest BCUT2D eigenvalue weighted by Gasteiger charge is -2.25. The Labute approximate surface area is 92.4 Å². The van der Waals surface area contributed by atoms with E-state index >= 15 is 0 Å². The van der Waals surface area contributed by atoms with Gasteiger partial charge in [0.25, 0.3) is 0 Å². The number of aromatic nitrogens is 1. The van der Waals surface area contributed by atoms with E-state index in [4.69, 9.17) is 4.42 Å². The summed E-state index contributed by atoms with van der Waals surface area (Å²) in [6, 6.07) is 0. The zero-order valence-corrected chi connectivity index (χ0v) is 10.0. The van der Waals surface area contributed by atoms with Crippen LogP contribution in [-0.4, -0.2) is 4.98 Å². The van der Waals surface area contributed by atoms with Gasteiger partial charge in [-0.15, -0.1) is 0 Å². The number of unbranched alkanes of at least 4 members (excludes halogenated alkanes) is 1. The maximum absolute atomic E-state index is 5.66. The Balaban J connectivity index is 2.84. The average molecular weight is 207 g/mol. The van der Waals surface area contributed by atoms with Crippen LogP contribution in [0.4, 0.5) is 0 Å². The Bertz CT molecular complexity index is 316. The molecule has 0 bridgehead atoms. The van der Waals surface area contributed by atoms with Gasteiger partial charge >= 0.3 is 0 Å². The highest BCUT2D eigenvalue weighted by Gasteiger charge is 2.27. The summed E-state index contributed by atoms with van der Waals surface area (Å²) in [7, 11) is 0. The summed E-state index contributed by atoms with van der Waals surface area (Å²) >= 11 is 0. The molecule has 0 amide bonds. The summed E-state index contributed by atoms with van der Waals surface area (Å²) in [6.07, 6.45) is 8.19. The van der Waals surface area contributed by atoms with Gasteiger partial charge in [0.2, 0.25) is 5.89 Å². The average Bonchev–Trinajstić information content (AvgIpc) is 2.75. The zero-order chi connectivity index (χ0) is 11.3. The minimum absolute atomic E-state index is 0.129. The topological polar surface area (TPSA) is 26.0 Å². The zero-order valence-electron chi connectivity index (χ0n) is 10.0.